The topological polar surface area (TPSA) is 54.5 Å². The molecular weight excluding hydrogens is 350 g/mol. The molecular formula is C23H29N3O2. The van der Waals surface area contributed by atoms with Gasteiger partial charge in [-0.25, -0.2) is 0 Å². The molecule has 0 aliphatic carbocycles. The largest absolute Gasteiger partial charge is 0.381 e. The molecule has 5 nitrogen and oxygen atoms in total. The lowest BCUT2D eigenvalue weighted by Crippen LogP contribution is -2.49. The molecule has 5 heteroatoms. The van der Waals surface area contributed by atoms with Gasteiger partial charge >= 0.3 is 0 Å². The zero-order valence-corrected chi connectivity index (χ0v) is 16.3. The zero-order chi connectivity index (χ0) is 19.2. The molecule has 2 aliphatic heterocycles. The van der Waals surface area contributed by atoms with Crippen molar-refractivity contribution in [1.29, 1.82) is 0 Å². The van der Waals surface area contributed by atoms with Gasteiger partial charge in [-0.05, 0) is 49.3 Å². The summed E-state index contributed by atoms with van der Waals surface area (Å²) in [6.07, 6.45) is 7.40. The van der Waals surface area contributed by atoms with Crippen molar-refractivity contribution >= 4 is 11.6 Å². The van der Waals surface area contributed by atoms with Crippen LogP contribution in [0.5, 0.6) is 0 Å². The Morgan fingerprint density at radius 2 is 1.75 bits per heavy atom. The van der Waals surface area contributed by atoms with E-state index < -0.39 is 5.41 Å². The van der Waals surface area contributed by atoms with Crippen LogP contribution in [-0.4, -0.2) is 43.7 Å². The SMILES string of the molecule is O=C(NCC1CCN(c2ccncc2)CC1)C1(c2ccccc2)CCOCC1. The first-order valence-corrected chi connectivity index (χ1v) is 10.3. The number of hydrogen-bond acceptors (Lipinski definition) is 4. The number of piperidine rings is 1. The Hall–Kier alpha value is -2.40. The predicted octanol–water partition coefficient (Wildman–Crippen LogP) is 3.16. The van der Waals surface area contributed by atoms with Crippen LogP contribution in [0.1, 0.15) is 31.2 Å². The number of anilines is 1. The van der Waals surface area contributed by atoms with Crippen molar-refractivity contribution in [1.82, 2.24) is 10.3 Å². The third-order valence-electron chi connectivity index (χ3n) is 6.30. The van der Waals surface area contributed by atoms with Crippen molar-refractivity contribution in [2.24, 2.45) is 5.92 Å². The maximum atomic E-state index is 13.3. The molecule has 0 spiro atoms. The lowest BCUT2D eigenvalue weighted by atomic mass is 9.73. The van der Waals surface area contributed by atoms with Gasteiger partial charge in [0.05, 0.1) is 5.41 Å². The summed E-state index contributed by atoms with van der Waals surface area (Å²) in [6, 6.07) is 14.3. The highest BCUT2D eigenvalue weighted by Crippen LogP contribution is 2.35. The van der Waals surface area contributed by atoms with Gasteiger partial charge in [-0.1, -0.05) is 30.3 Å². The van der Waals surface area contributed by atoms with Gasteiger partial charge < -0.3 is 15.0 Å². The summed E-state index contributed by atoms with van der Waals surface area (Å²) >= 11 is 0. The van der Waals surface area contributed by atoms with Gasteiger partial charge in [0.2, 0.25) is 5.91 Å². The van der Waals surface area contributed by atoms with Gasteiger partial charge in [0.25, 0.3) is 0 Å². The lowest BCUT2D eigenvalue weighted by Gasteiger charge is -2.37. The van der Waals surface area contributed by atoms with E-state index in [9.17, 15) is 4.79 Å². The molecule has 4 rings (SSSR count). The Morgan fingerprint density at radius 1 is 1.07 bits per heavy atom. The minimum atomic E-state index is -0.447. The average molecular weight is 380 g/mol. The fourth-order valence-electron chi connectivity index (χ4n) is 4.48. The second kappa shape index (κ2) is 8.74. The quantitative estimate of drug-likeness (QED) is 0.867. The summed E-state index contributed by atoms with van der Waals surface area (Å²) in [4.78, 5) is 19.8. The molecule has 1 aromatic carbocycles. The van der Waals surface area contributed by atoms with Crippen LogP contribution in [0.3, 0.4) is 0 Å². The zero-order valence-electron chi connectivity index (χ0n) is 16.3. The first-order valence-electron chi connectivity index (χ1n) is 10.3. The molecule has 2 aromatic rings. The van der Waals surface area contributed by atoms with Crippen molar-refractivity contribution < 1.29 is 9.53 Å². The third-order valence-corrected chi connectivity index (χ3v) is 6.30. The molecule has 3 heterocycles. The minimum Gasteiger partial charge on any atom is -0.381 e. The van der Waals surface area contributed by atoms with Gasteiger partial charge in [-0.3, -0.25) is 9.78 Å². The van der Waals surface area contributed by atoms with E-state index in [0.717, 1.165) is 50.9 Å². The second-order valence-corrected chi connectivity index (χ2v) is 7.91. The van der Waals surface area contributed by atoms with Gasteiger partial charge in [-0.15, -0.1) is 0 Å². The lowest BCUT2D eigenvalue weighted by molar-refractivity contribution is -0.130. The number of nitrogens with one attached hydrogen (secondary N) is 1. The molecule has 0 bridgehead atoms. The maximum Gasteiger partial charge on any atom is 0.230 e. The molecule has 1 amide bonds. The second-order valence-electron chi connectivity index (χ2n) is 7.91. The Bertz CT molecular complexity index is 752. The number of benzene rings is 1. The van der Waals surface area contributed by atoms with E-state index in [1.807, 2.05) is 30.6 Å². The van der Waals surface area contributed by atoms with E-state index in [-0.39, 0.29) is 5.91 Å². The van der Waals surface area contributed by atoms with Gasteiger partial charge in [0.15, 0.2) is 0 Å². The van der Waals surface area contributed by atoms with E-state index >= 15 is 0 Å². The molecule has 0 atom stereocenters. The third kappa shape index (κ3) is 4.04. The first kappa shape index (κ1) is 18.9. The maximum absolute atomic E-state index is 13.3. The number of nitrogens with zero attached hydrogens (tertiary/aromatic N) is 2. The number of pyridine rings is 1. The number of aromatic nitrogens is 1. The summed E-state index contributed by atoms with van der Waals surface area (Å²) < 4.78 is 5.55. The number of carbonyl (C=O) groups is 1. The Kier molecular flexibility index (Phi) is 5.91. The Morgan fingerprint density at radius 3 is 2.43 bits per heavy atom. The highest BCUT2D eigenvalue weighted by atomic mass is 16.5. The van der Waals surface area contributed by atoms with E-state index in [1.165, 1.54) is 5.69 Å². The highest BCUT2D eigenvalue weighted by molar-refractivity contribution is 5.88. The monoisotopic (exact) mass is 379 g/mol. The van der Waals surface area contributed by atoms with Crippen LogP contribution in [0, 0.1) is 5.92 Å². The molecule has 2 aliphatic rings. The predicted molar refractivity (Wildman–Crippen MR) is 110 cm³/mol. The van der Waals surface area contributed by atoms with Crippen LogP contribution in [0.25, 0.3) is 0 Å². The fourth-order valence-corrected chi connectivity index (χ4v) is 4.48. The number of amides is 1. The number of carbonyl (C=O) groups excluding carboxylic acids is 1. The first-order chi connectivity index (χ1) is 13.8. The molecule has 0 unspecified atom stereocenters. The summed E-state index contributed by atoms with van der Waals surface area (Å²) in [7, 11) is 0. The molecule has 2 saturated heterocycles. The molecule has 1 N–H and O–H groups in total. The molecule has 0 radical (unpaired) electrons. The summed E-state index contributed by atoms with van der Waals surface area (Å²) in [5, 5.41) is 3.29. The summed E-state index contributed by atoms with van der Waals surface area (Å²) in [5.74, 6) is 0.702. The van der Waals surface area contributed by atoms with Crippen molar-refractivity contribution in [3.05, 3.63) is 60.4 Å². The number of rotatable bonds is 5. The highest BCUT2D eigenvalue weighted by Gasteiger charge is 2.41. The van der Waals surface area contributed by atoms with Crippen molar-refractivity contribution in [2.45, 2.75) is 31.1 Å². The molecule has 148 valence electrons. The van der Waals surface area contributed by atoms with Crippen LogP contribution in [-0.2, 0) is 14.9 Å². The van der Waals surface area contributed by atoms with Crippen LogP contribution in [0.4, 0.5) is 5.69 Å². The van der Waals surface area contributed by atoms with Crippen molar-refractivity contribution in [2.75, 3.05) is 37.7 Å². The molecule has 28 heavy (non-hydrogen) atoms. The normalized spacial score (nSPS) is 19.9. The summed E-state index contributed by atoms with van der Waals surface area (Å²) in [5.41, 5.74) is 1.91. The van der Waals surface area contributed by atoms with E-state index in [2.05, 4.69) is 39.5 Å². The van der Waals surface area contributed by atoms with E-state index in [4.69, 9.17) is 4.74 Å². The van der Waals surface area contributed by atoms with Crippen LogP contribution >= 0.6 is 0 Å². The van der Waals surface area contributed by atoms with Crippen molar-refractivity contribution in [3.8, 4) is 0 Å². The van der Waals surface area contributed by atoms with E-state index in [0.29, 0.717) is 19.1 Å². The van der Waals surface area contributed by atoms with Gasteiger partial charge in [0, 0.05) is 50.9 Å². The number of hydrogen-bond donors (Lipinski definition) is 1. The van der Waals surface area contributed by atoms with Crippen LogP contribution < -0.4 is 10.2 Å². The standard InChI is InChI=1S/C23H29N3O2/c27-22(23(10-16-28-17-11-23)20-4-2-1-3-5-20)25-18-19-8-14-26(15-9-19)21-6-12-24-13-7-21/h1-7,12-13,19H,8-11,14-18H2,(H,25,27). The van der Waals surface area contributed by atoms with Gasteiger partial charge in [-0.2, -0.15) is 0 Å². The summed E-state index contributed by atoms with van der Waals surface area (Å²) in [6.45, 7) is 4.11. The number of ether oxygens (including phenoxy) is 1. The molecule has 1 aromatic heterocycles. The van der Waals surface area contributed by atoms with Gasteiger partial charge in [0.1, 0.15) is 0 Å². The van der Waals surface area contributed by atoms with E-state index in [1.54, 1.807) is 0 Å². The van der Waals surface area contributed by atoms with Crippen LogP contribution in [0.2, 0.25) is 0 Å². The van der Waals surface area contributed by atoms with Crippen LogP contribution in [0.15, 0.2) is 54.9 Å². The average Bonchev–Trinajstić information content (AvgIpc) is 2.79. The smallest absolute Gasteiger partial charge is 0.230 e. The minimum absolute atomic E-state index is 0.165. The Labute approximate surface area is 167 Å². The fraction of sp³-hybridized carbons (Fsp3) is 0.478. The van der Waals surface area contributed by atoms with Crippen molar-refractivity contribution in [3.63, 3.8) is 0 Å². The molecule has 2 fully saturated rings. The molecule has 0 saturated carbocycles. The Balaban J connectivity index is 1.34.